The van der Waals surface area contributed by atoms with Crippen molar-refractivity contribution in [3.63, 3.8) is 0 Å². The van der Waals surface area contributed by atoms with Crippen molar-refractivity contribution in [1.29, 1.82) is 0 Å². The van der Waals surface area contributed by atoms with Gasteiger partial charge in [0.15, 0.2) is 5.82 Å². The summed E-state index contributed by atoms with van der Waals surface area (Å²) in [5.74, 6) is -0.0209. The van der Waals surface area contributed by atoms with Gasteiger partial charge in [0.1, 0.15) is 17.1 Å². The lowest BCUT2D eigenvalue weighted by molar-refractivity contribution is -0.141. The van der Waals surface area contributed by atoms with Gasteiger partial charge in [-0.15, -0.1) is 0 Å². The molecule has 1 fully saturated rings. The van der Waals surface area contributed by atoms with E-state index in [1.54, 1.807) is 0 Å². The second kappa shape index (κ2) is 9.16. The number of alkyl halides is 6. The Kier molecular flexibility index (Phi) is 6.43. The quantitative estimate of drug-likeness (QED) is 0.664. The summed E-state index contributed by atoms with van der Waals surface area (Å²) in [6, 6.07) is 3.35. The largest absolute Gasteiger partial charge is 0.433 e. The first-order chi connectivity index (χ1) is 16.0. The summed E-state index contributed by atoms with van der Waals surface area (Å²) in [4.78, 5) is 23.8. The SMILES string of the molecule is CN1CCN(c2nc(NC3=CC(C(F)(F)F)=NCC3)nc(-c3cccc(C(F)(F)F)n3)n2)CC1. The van der Waals surface area contributed by atoms with Crippen molar-refractivity contribution in [2.75, 3.05) is 50.0 Å². The molecule has 8 nitrogen and oxygen atoms in total. The third-order valence-corrected chi connectivity index (χ3v) is 5.22. The number of pyridine rings is 1. The summed E-state index contributed by atoms with van der Waals surface area (Å²) < 4.78 is 78.6. The van der Waals surface area contributed by atoms with Crippen molar-refractivity contribution in [3.8, 4) is 11.5 Å². The molecule has 182 valence electrons. The number of anilines is 2. The van der Waals surface area contributed by atoms with E-state index in [0.29, 0.717) is 26.2 Å². The van der Waals surface area contributed by atoms with Gasteiger partial charge in [0, 0.05) is 44.8 Å². The number of likely N-dealkylation sites (N-methyl/N-ethyl adjacent to an activating group) is 1. The Morgan fingerprint density at radius 2 is 1.62 bits per heavy atom. The van der Waals surface area contributed by atoms with Gasteiger partial charge in [-0.1, -0.05) is 6.07 Å². The summed E-state index contributed by atoms with van der Waals surface area (Å²) in [6.45, 7) is 2.46. The molecular weight excluding hydrogens is 466 g/mol. The molecule has 0 aromatic carbocycles. The lowest BCUT2D eigenvalue weighted by atomic mass is 10.2. The maximum atomic E-state index is 13.2. The standard InChI is InChI=1S/C20H20F6N8/c1-33-7-9-34(10-8-33)18-31-16(13-3-2-4-14(29-13)19(21,22)23)30-17(32-18)28-12-5-6-27-15(11-12)20(24,25)26/h2-4,11H,5-10H2,1H3,(H,28,30,31,32). The number of hydrogen-bond acceptors (Lipinski definition) is 8. The minimum Gasteiger partial charge on any atom is -0.338 e. The number of aliphatic imine (C=N–C) groups is 1. The van der Waals surface area contributed by atoms with Gasteiger partial charge in [-0.2, -0.15) is 41.3 Å². The number of nitrogens with zero attached hydrogens (tertiary/aromatic N) is 7. The van der Waals surface area contributed by atoms with Crippen LogP contribution in [0.4, 0.5) is 38.2 Å². The number of rotatable bonds is 4. The molecule has 0 unspecified atom stereocenters. The second-order valence-corrected chi connectivity index (χ2v) is 7.79. The van der Waals surface area contributed by atoms with E-state index in [0.717, 1.165) is 12.1 Å². The van der Waals surface area contributed by atoms with Crippen LogP contribution in [-0.4, -0.2) is 76.5 Å². The van der Waals surface area contributed by atoms with Crippen LogP contribution in [0.1, 0.15) is 12.1 Å². The number of aromatic nitrogens is 4. The average molecular weight is 486 g/mol. The maximum absolute atomic E-state index is 13.2. The molecule has 2 aromatic rings. The van der Waals surface area contributed by atoms with Crippen molar-refractivity contribution in [2.24, 2.45) is 4.99 Å². The van der Waals surface area contributed by atoms with Crippen LogP contribution < -0.4 is 10.2 Å². The number of hydrogen-bond donors (Lipinski definition) is 1. The molecule has 2 aliphatic rings. The molecule has 34 heavy (non-hydrogen) atoms. The molecule has 0 saturated carbocycles. The normalized spacial score (nSPS) is 17.9. The third kappa shape index (κ3) is 5.61. The Labute approximate surface area is 190 Å². The Morgan fingerprint density at radius 3 is 2.29 bits per heavy atom. The van der Waals surface area contributed by atoms with E-state index in [1.807, 2.05) is 11.9 Å². The van der Waals surface area contributed by atoms with Crippen molar-refractivity contribution in [2.45, 2.75) is 18.8 Å². The first-order valence-corrected chi connectivity index (χ1v) is 10.3. The fraction of sp³-hybridized carbons (Fsp3) is 0.450. The predicted octanol–water partition coefficient (Wildman–Crippen LogP) is 3.41. The number of halogens is 6. The monoisotopic (exact) mass is 486 g/mol. The van der Waals surface area contributed by atoms with Crippen LogP contribution in [0.3, 0.4) is 0 Å². The van der Waals surface area contributed by atoms with Gasteiger partial charge < -0.3 is 15.1 Å². The van der Waals surface area contributed by atoms with Gasteiger partial charge in [0.05, 0.1) is 0 Å². The summed E-state index contributed by atoms with van der Waals surface area (Å²) in [6.07, 6.45) is -8.22. The zero-order valence-corrected chi connectivity index (χ0v) is 18.0. The fourth-order valence-electron chi connectivity index (χ4n) is 3.39. The highest BCUT2D eigenvalue weighted by molar-refractivity contribution is 6.00. The minimum absolute atomic E-state index is 0.0773. The van der Waals surface area contributed by atoms with Crippen LogP contribution in [0, 0.1) is 0 Å². The molecule has 14 heteroatoms. The van der Waals surface area contributed by atoms with Gasteiger partial charge in [-0.05, 0) is 25.3 Å². The average Bonchev–Trinajstić information content (AvgIpc) is 2.78. The fourth-order valence-corrected chi connectivity index (χ4v) is 3.39. The van der Waals surface area contributed by atoms with E-state index in [9.17, 15) is 26.3 Å². The highest BCUT2D eigenvalue weighted by atomic mass is 19.4. The molecule has 0 radical (unpaired) electrons. The Morgan fingerprint density at radius 1 is 0.882 bits per heavy atom. The number of dihydropyridines is 1. The number of allylic oxidation sites excluding steroid dienone is 1. The highest BCUT2D eigenvalue weighted by Gasteiger charge is 2.35. The number of nitrogens with one attached hydrogen (secondary N) is 1. The molecular formula is C20H20F6N8. The van der Waals surface area contributed by atoms with Gasteiger partial charge in [-0.3, -0.25) is 4.99 Å². The van der Waals surface area contributed by atoms with Crippen molar-refractivity contribution in [3.05, 3.63) is 35.7 Å². The molecule has 0 atom stereocenters. The summed E-state index contributed by atoms with van der Waals surface area (Å²) in [5, 5.41) is 2.76. The molecule has 4 heterocycles. The molecule has 0 spiro atoms. The lowest BCUT2D eigenvalue weighted by Crippen LogP contribution is -2.45. The van der Waals surface area contributed by atoms with Gasteiger partial charge in [0.2, 0.25) is 11.9 Å². The lowest BCUT2D eigenvalue weighted by Gasteiger charge is -2.32. The van der Waals surface area contributed by atoms with E-state index in [-0.39, 0.29) is 42.1 Å². The molecule has 2 aliphatic heterocycles. The van der Waals surface area contributed by atoms with Crippen LogP contribution in [0.25, 0.3) is 11.5 Å². The van der Waals surface area contributed by atoms with E-state index in [2.05, 4.69) is 35.1 Å². The Balaban J connectivity index is 1.71. The van der Waals surface area contributed by atoms with Gasteiger partial charge >= 0.3 is 12.4 Å². The predicted molar refractivity (Wildman–Crippen MR) is 112 cm³/mol. The molecule has 1 saturated heterocycles. The smallest absolute Gasteiger partial charge is 0.338 e. The molecule has 0 amide bonds. The van der Waals surface area contributed by atoms with Crippen LogP contribution in [0.5, 0.6) is 0 Å². The molecule has 4 rings (SSSR count). The Hall–Kier alpha value is -3.29. The second-order valence-electron chi connectivity index (χ2n) is 7.79. The first-order valence-electron chi connectivity index (χ1n) is 10.3. The number of piperazine rings is 1. The van der Waals surface area contributed by atoms with Crippen molar-refractivity contribution < 1.29 is 26.3 Å². The van der Waals surface area contributed by atoms with Crippen LogP contribution in [0.2, 0.25) is 0 Å². The summed E-state index contributed by atoms with van der Waals surface area (Å²) >= 11 is 0. The van der Waals surface area contributed by atoms with Crippen molar-refractivity contribution in [1.82, 2.24) is 24.8 Å². The molecule has 0 aliphatic carbocycles. The maximum Gasteiger partial charge on any atom is 0.433 e. The van der Waals surface area contributed by atoms with Crippen molar-refractivity contribution >= 4 is 17.6 Å². The molecule has 1 N–H and O–H groups in total. The topological polar surface area (TPSA) is 82.4 Å². The van der Waals surface area contributed by atoms with Crippen LogP contribution in [0.15, 0.2) is 35.0 Å². The van der Waals surface area contributed by atoms with E-state index in [4.69, 9.17) is 0 Å². The van der Waals surface area contributed by atoms with Crippen LogP contribution >= 0.6 is 0 Å². The zero-order valence-electron chi connectivity index (χ0n) is 18.0. The van der Waals surface area contributed by atoms with E-state index < -0.39 is 23.8 Å². The Bertz CT molecular complexity index is 1100. The summed E-state index contributed by atoms with van der Waals surface area (Å²) in [5.41, 5.74) is -2.09. The molecule has 0 bridgehead atoms. The summed E-state index contributed by atoms with van der Waals surface area (Å²) in [7, 11) is 1.95. The van der Waals surface area contributed by atoms with E-state index in [1.165, 1.54) is 12.1 Å². The van der Waals surface area contributed by atoms with E-state index >= 15 is 0 Å². The third-order valence-electron chi connectivity index (χ3n) is 5.22. The minimum atomic E-state index is -4.66. The van der Waals surface area contributed by atoms with Crippen LogP contribution in [-0.2, 0) is 6.18 Å². The van der Waals surface area contributed by atoms with Gasteiger partial charge in [-0.25, -0.2) is 4.98 Å². The molecule has 2 aromatic heterocycles. The zero-order chi connectivity index (χ0) is 24.5. The van der Waals surface area contributed by atoms with Gasteiger partial charge in [0.25, 0.3) is 0 Å². The highest BCUT2D eigenvalue weighted by Crippen LogP contribution is 2.29. The first kappa shape index (κ1) is 23.9.